The Morgan fingerprint density at radius 1 is 0.773 bits per heavy atom. The van der Waals surface area contributed by atoms with E-state index < -0.39 is 0 Å². The molecule has 0 aliphatic heterocycles. The van der Waals surface area contributed by atoms with Crippen LogP contribution in [0.15, 0.2) is 92.0 Å². The standard InChI is InChI=1S/C33H43N10O/c1-5-42(21-19-40-17-15-38(3)24-40)28-11-7-26(8-12-28)35-30-23-31(44)32(34)37-33(30)36-27-9-13-29(14-10-27)43(6-2)22-20-41-18-16-39(4)25-41/h7-18,23-25,35H,5-6,19-22H2,1-4H3,(H3-,34,36,37,44)/q+1/p+1. The topological polar surface area (TPSA) is 107 Å². The number of nitrogens with one attached hydrogen (secondary N) is 2. The van der Waals surface area contributed by atoms with Crippen molar-refractivity contribution in [2.45, 2.75) is 26.9 Å². The summed E-state index contributed by atoms with van der Waals surface area (Å²) in [5, 5.41) is 17.1. The maximum Gasteiger partial charge on any atom is 0.243 e. The van der Waals surface area contributed by atoms with E-state index >= 15 is 0 Å². The fourth-order valence-corrected chi connectivity index (χ4v) is 5.19. The summed E-state index contributed by atoms with van der Waals surface area (Å²) in [5.41, 5.74) is 10.7. The maximum absolute atomic E-state index is 10.4. The molecule has 44 heavy (non-hydrogen) atoms. The summed E-state index contributed by atoms with van der Waals surface area (Å²) in [6, 6.07) is 18.1. The Morgan fingerprint density at radius 3 is 1.68 bits per heavy atom. The van der Waals surface area contributed by atoms with Crippen molar-refractivity contribution in [1.82, 2.24) is 14.1 Å². The highest BCUT2D eigenvalue weighted by Gasteiger charge is 2.13. The van der Waals surface area contributed by atoms with Crippen LogP contribution in [0, 0.1) is 0 Å². The van der Waals surface area contributed by atoms with E-state index in [0.29, 0.717) is 11.5 Å². The van der Waals surface area contributed by atoms with Crippen LogP contribution < -0.4 is 35.3 Å². The average Bonchev–Trinajstić information content (AvgIpc) is 3.64. The van der Waals surface area contributed by atoms with Gasteiger partial charge in [-0.25, -0.2) is 23.3 Å². The number of hydrogen-bond acceptors (Lipinski definition) is 7. The number of aromatic hydroxyl groups is 1. The van der Waals surface area contributed by atoms with Gasteiger partial charge in [0.2, 0.25) is 12.7 Å². The molecule has 0 atom stereocenters. The zero-order chi connectivity index (χ0) is 31.1. The second-order valence-corrected chi connectivity index (χ2v) is 10.9. The Labute approximate surface area is 259 Å². The van der Waals surface area contributed by atoms with Crippen molar-refractivity contribution in [2.24, 2.45) is 14.1 Å². The number of pyridine rings is 1. The SMILES string of the molecule is CCN(CCn1cc[n+](C)c1)c1ccc(Nc2cc(O)c(N)nc2Nc2ccc(N(CC)CCn3cc[n+](C)c3)cc2)cc1. The Kier molecular flexibility index (Phi) is 9.53. The normalized spacial score (nSPS) is 11.0. The number of aryl methyl sites for hydroxylation is 2. The van der Waals surface area contributed by atoms with Crippen LogP contribution in [0.3, 0.4) is 0 Å². The van der Waals surface area contributed by atoms with Crippen LogP contribution in [0.5, 0.6) is 5.75 Å². The van der Waals surface area contributed by atoms with Crippen LogP contribution in [0.25, 0.3) is 0 Å². The van der Waals surface area contributed by atoms with Crippen LogP contribution in [0.2, 0.25) is 0 Å². The van der Waals surface area contributed by atoms with Crippen molar-refractivity contribution >= 4 is 40.1 Å². The molecular formula is C33H44N10O+2. The van der Waals surface area contributed by atoms with E-state index in [0.717, 1.165) is 62.0 Å². The highest BCUT2D eigenvalue weighted by molar-refractivity contribution is 5.79. The second-order valence-electron chi connectivity index (χ2n) is 10.9. The van der Waals surface area contributed by atoms with Crippen molar-refractivity contribution < 1.29 is 14.2 Å². The molecule has 0 aliphatic rings. The predicted molar refractivity (Wildman–Crippen MR) is 177 cm³/mol. The van der Waals surface area contributed by atoms with Gasteiger partial charge in [0.05, 0.1) is 32.9 Å². The Morgan fingerprint density at radius 2 is 1.25 bits per heavy atom. The molecule has 5 N–H and O–H groups in total. The lowest BCUT2D eigenvalue weighted by molar-refractivity contribution is -0.671. The first kappa shape index (κ1) is 30.3. The first-order valence-electron chi connectivity index (χ1n) is 15.1. The third-order valence-electron chi connectivity index (χ3n) is 7.70. The van der Waals surface area contributed by atoms with Crippen molar-refractivity contribution in [3.63, 3.8) is 0 Å². The van der Waals surface area contributed by atoms with E-state index in [9.17, 15) is 5.11 Å². The molecule has 0 aliphatic carbocycles. The molecule has 0 saturated heterocycles. The maximum atomic E-state index is 10.4. The quantitative estimate of drug-likeness (QED) is 0.143. The molecule has 5 rings (SSSR count). The van der Waals surface area contributed by atoms with Crippen molar-refractivity contribution in [2.75, 3.05) is 52.3 Å². The zero-order valence-electron chi connectivity index (χ0n) is 26.1. The van der Waals surface area contributed by atoms with Crippen molar-refractivity contribution in [3.8, 4) is 5.75 Å². The molecule has 230 valence electrons. The average molecular weight is 597 g/mol. The molecule has 3 heterocycles. The summed E-state index contributed by atoms with van der Waals surface area (Å²) in [6.45, 7) is 9.77. The molecule has 11 heteroatoms. The number of imidazole rings is 2. The number of anilines is 7. The van der Waals surface area contributed by atoms with Gasteiger partial charge in [0, 0.05) is 41.9 Å². The number of nitrogen functional groups attached to an aromatic ring is 1. The molecule has 0 radical (unpaired) electrons. The fraction of sp³-hybridized carbons (Fsp3) is 0.303. The number of hydrogen-bond donors (Lipinski definition) is 4. The lowest BCUT2D eigenvalue weighted by Gasteiger charge is -2.23. The predicted octanol–water partition coefficient (Wildman–Crippen LogP) is 4.16. The molecule has 0 saturated carbocycles. The number of nitrogens with zero attached hydrogens (tertiary/aromatic N) is 7. The fourth-order valence-electron chi connectivity index (χ4n) is 5.19. The minimum atomic E-state index is -0.0736. The number of nitrogens with two attached hydrogens (primary N) is 1. The number of rotatable bonds is 14. The minimum absolute atomic E-state index is 0.0652. The Balaban J connectivity index is 1.25. The zero-order valence-corrected chi connectivity index (χ0v) is 26.1. The summed E-state index contributed by atoms with van der Waals surface area (Å²) in [7, 11) is 4.06. The van der Waals surface area contributed by atoms with Crippen molar-refractivity contribution in [3.05, 3.63) is 92.0 Å². The van der Waals surface area contributed by atoms with Gasteiger partial charge in [-0.2, -0.15) is 0 Å². The third kappa shape index (κ3) is 7.60. The molecule has 0 amide bonds. The molecule has 5 aromatic rings. The molecule has 3 aromatic heterocycles. The summed E-state index contributed by atoms with van der Waals surface area (Å²) in [5.74, 6) is 0.519. The van der Waals surface area contributed by atoms with Gasteiger partial charge < -0.3 is 31.3 Å². The molecule has 0 fully saturated rings. The van der Waals surface area contributed by atoms with E-state index in [1.165, 1.54) is 0 Å². The second kappa shape index (κ2) is 13.9. The first-order valence-corrected chi connectivity index (χ1v) is 15.1. The molecule has 0 unspecified atom stereocenters. The monoisotopic (exact) mass is 596 g/mol. The summed E-state index contributed by atoms with van der Waals surface area (Å²) >= 11 is 0. The summed E-state index contributed by atoms with van der Waals surface area (Å²) in [6.07, 6.45) is 12.4. The van der Waals surface area contributed by atoms with E-state index in [4.69, 9.17) is 5.73 Å². The smallest absolute Gasteiger partial charge is 0.243 e. The van der Waals surface area contributed by atoms with E-state index in [1.807, 2.05) is 59.9 Å². The first-order chi connectivity index (χ1) is 21.3. The molecule has 0 spiro atoms. The lowest BCUT2D eigenvalue weighted by Crippen LogP contribution is -2.28. The molecule has 11 nitrogen and oxygen atoms in total. The van der Waals surface area contributed by atoms with Gasteiger partial charge in [-0.05, 0) is 62.4 Å². The Hall–Kier alpha value is -5.19. The van der Waals surface area contributed by atoms with Gasteiger partial charge in [-0.1, -0.05) is 0 Å². The molecule has 2 aromatic carbocycles. The van der Waals surface area contributed by atoms with Crippen molar-refractivity contribution in [1.29, 1.82) is 0 Å². The third-order valence-corrected chi connectivity index (χ3v) is 7.70. The summed E-state index contributed by atoms with van der Waals surface area (Å²) in [4.78, 5) is 9.13. The Bertz CT molecular complexity index is 1520. The van der Waals surface area contributed by atoms with Crippen LogP contribution in [-0.4, -0.2) is 45.4 Å². The van der Waals surface area contributed by atoms with E-state index in [1.54, 1.807) is 6.07 Å². The molecular weight excluding hydrogens is 552 g/mol. The van der Waals surface area contributed by atoms with Gasteiger partial charge in [0.15, 0.2) is 17.4 Å². The number of benzene rings is 2. The van der Waals surface area contributed by atoms with Crippen LogP contribution in [0.4, 0.5) is 40.1 Å². The highest BCUT2D eigenvalue weighted by atomic mass is 16.3. The van der Waals surface area contributed by atoms with Gasteiger partial charge in [-0.15, -0.1) is 0 Å². The van der Waals surface area contributed by atoms with E-state index in [-0.39, 0.29) is 11.6 Å². The van der Waals surface area contributed by atoms with Gasteiger partial charge in [0.1, 0.15) is 37.9 Å². The minimum Gasteiger partial charge on any atom is -0.504 e. The highest BCUT2D eigenvalue weighted by Crippen LogP contribution is 2.34. The van der Waals surface area contributed by atoms with Crippen LogP contribution in [-0.2, 0) is 27.2 Å². The van der Waals surface area contributed by atoms with Crippen LogP contribution >= 0.6 is 0 Å². The number of aromatic nitrogens is 5. The summed E-state index contributed by atoms with van der Waals surface area (Å²) < 4.78 is 8.47. The van der Waals surface area contributed by atoms with E-state index in [2.05, 4.69) is 97.7 Å². The number of likely N-dealkylation sites (N-methyl/N-ethyl adjacent to an activating group) is 2. The lowest BCUT2D eigenvalue weighted by atomic mass is 10.2. The molecule has 0 bridgehead atoms. The van der Waals surface area contributed by atoms with Gasteiger partial charge in [0.25, 0.3) is 0 Å². The van der Waals surface area contributed by atoms with Crippen LogP contribution in [0.1, 0.15) is 13.8 Å². The van der Waals surface area contributed by atoms with Gasteiger partial charge >= 0.3 is 0 Å². The van der Waals surface area contributed by atoms with Gasteiger partial charge in [-0.3, -0.25) is 0 Å². The largest absolute Gasteiger partial charge is 0.504 e.